The highest BCUT2D eigenvalue weighted by Crippen LogP contribution is 2.21. The van der Waals surface area contributed by atoms with Gasteiger partial charge >= 0.3 is 0 Å². The van der Waals surface area contributed by atoms with E-state index in [0.29, 0.717) is 22.8 Å². The number of methoxy groups -OCH3 is 1. The lowest BCUT2D eigenvalue weighted by Crippen LogP contribution is -2.15. The van der Waals surface area contributed by atoms with E-state index >= 15 is 0 Å². The molecule has 2 N–H and O–H groups in total. The van der Waals surface area contributed by atoms with Crippen LogP contribution in [0, 0.1) is 4.77 Å². The Labute approximate surface area is 149 Å². The molecule has 3 aromatic rings. The smallest absolute Gasteiger partial charge is 0.226 e. The molecule has 0 bridgehead atoms. The van der Waals surface area contributed by atoms with Crippen LogP contribution in [-0.2, 0) is 11.3 Å². The van der Waals surface area contributed by atoms with Crippen molar-refractivity contribution in [3.8, 4) is 17.1 Å². The van der Waals surface area contributed by atoms with E-state index in [1.54, 1.807) is 31.6 Å². The fourth-order valence-corrected chi connectivity index (χ4v) is 2.58. The second-order valence-electron chi connectivity index (χ2n) is 5.27. The molecule has 25 heavy (non-hydrogen) atoms. The number of amides is 1. The molecule has 0 saturated heterocycles. The van der Waals surface area contributed by atoms with E-state index in [9.17, 15) is 4.79 Å². The fraction of sp³-hybridized carbons (Fsp3) is 0.176. The molecule has 0 saturated carbocycles. The quantitative estimate of drug-likeness (QED) is 0.664. The predicted molar refractivity (Wildman–Crippen MR) is 96.9 cm³/mol. The average Bonchev–Trinajstić information content (AvgIpc) is 3.01. The Hall–Kier alpha value is -3.00. The van der Waals surface area contributed by atoms with E-state index in [1.807, 2.05) is 28.8 Å². The lowest BCUT2D eigenvalue weighted by molar-refractivity contribution is -0.116. The van der Waals surface area contributed by atoms with Crippen LogP contribution in [0.5, 0.6) is 5.75 Å². The molecule has 0 aliphatic rings. The molecule has 0 unspecified atom stereocenters. The molecule has 0 fully saturated rings. The molecule has 0 atom stereocenters. The summed E-state index contributed by atoms with van der Waals surface area (Å²) in [5.41, 5.74) is 1.61. The number of pyridine rings is 1. The number of ether oxygens (including phenoxy) is 1. The number of carbonyl (C=O) groups is 1. The van der Waals surface area contributed by atoms with E-state index < -0.39 is 0 Å². The summed E-state index contributed by atoms with van der Waals surface area (Å²) in [5, 5.41) is 9.88. The van der Waals surface area contributed by atoms with E-state index in [2.05, 4.69) is 20.5 Å². The van der Waals surface area contributed by atoms with Crippen molar-refractivity contribution in [2.75, 3.05) is 12.4 Å². The first-order chi connectivity index (χ1) is 12.2. The zero-order chi connectivity index (χ0) is 17.6. The van der Waals surface area contributed by atoms with E-state index in [1.165, 1.54) is 0 Å². The van der Waals surface area contributed by atoms with Gasteiger partial charge in [0.15, 0.2) is 10.6 Å². The van der Waals surface area contributed by atoms with Gasteiger partial charge in [-0.3, -0.25) is 19.4 Å². The third kappa shape index (κ3) is 4.10. The molecule has 0 radical (unpaired) electrons. The van der Waals surface area contributed by atoms with Crippen molar-refractivity contribution in [1.29, 1.82) is 0 Å². The average molecular weight is 355 g/mol. The van der Waals surface area contributed by atoms with Crippen LogP contribution in [0.1, 0.15) is 6.42 Å². The SMILES string of the molecule is COc1ccc(-c2n[nH]c(=S)n2CCC(=O)Nc2ccncc2)cc1. The maximum absolute atomic E-state index is 12.1. The van der Waals surface area contributed by atoms with Gasteiger partial charge in [0.2, 0.25) is 5.91 Å². The van der Waals surface area contributed by atoms with Gasteiger partial charge in [-0.15, -0.1) is 0 Å². The molecule has 0 spiro atoms. The van der Waals surface area contributed by atoms with Crippen LogP contribution in [0.15, 0.2) is 48.8 Å². The summed E-state index contributed by atoms with van der Waals surface area (Å²) < 4.78 is 7.45. The van der Waals surface area contributed by atoms with E-state index in [4.69, 9.17) is 17.0 Å². The summed E-state index contributed by atoms with van der Waals surface area (Å²) in [4.78, 5) is 16.0. The molecule has 128 valence electrons. The van der Waals surface area contributed by atoms with Crippen LogP contribution in [-0.4, -0.2) is 32.8 Å². The van der Waals surface area contributed by atoms with Gasteiger partial charge in [0.05, 0.1) is 7.11 Å². The van der Waals surface area contributed by atoms with Gasteiger partial charge in [-0.25, -0.2) is 0 Å². The number of hydrogen-bond acceptors (Lipinski definition) is 5. The topological polar surface area (TPSA) is 84.8 Å². The number of benzene rings is 1. The van der Waals surface area contributed by atoms with Gasteiger partial charge < -0.3 is 10.1 Å². The molecule has 0 aliphatic heterocycles. The Morgan fingerprint density at radius 3 is 2.64 bits per heavy atom. The molecular weight excluding hydrogens is 338 g/mol. The molecule has 1 amide bonds. The summed E-state index contributed by atoms with van der Waals surface area (Å²) in [6.45, 7) is 0.424. The van der Waals surface area contributed by atoms with Gasteiger partial charge in [0.1, 0.15) is 5.75 Å². The standard InChI is InChI=1S/C17H17N5O2S/c1-24-14-4-2-12(3-5-14)16-20-21-17(25)22(16)11-8-15(23)19-13-6-9-18-10-7-13/h2-7,9-10H,8,11H2,1H3,(H,21,25)(H,18,19,23). The van der Waals surface area contributed by atoms with Crippen molar-refractivity contribution >= 4 is 23.8 Å². The highest BCUT2D eigenvalue weighted by molar-refractivity contribution is 7.71. The summed E-state index contributed by atoms with van der Waals surface area (Å²) in [5.74, 6) is 1.35. The van der Waals surface area contributed by atoms with Crippen molar-refractivity contribution in [2.24, 2.45) is 0 Å². The first kappa shape index (κ1) is 16.8. The zero-order valence-corrected chi connectivity index (χ0v) is 14.4. The molecule has 8 heteroatoms. The van der Waals surface area contributed by atoms with Crippen LogP contribution >= 0.6 is 12.2 Å². The van der Waals surface area contributed by atoms with Crippen molar-refractivity contribution in [3.63, 3.8) is 0 Å². The predicted octanol–water partition coefficient (Wildman–Crippen LogP) is 3.04. The number of H-pyrrole nitrogens is 1. The number of aromatic amines is 1. The van der Waals surface area contributed by atoms with Crippen LogP contribution in [0.2, 0.25) is 0 Å². The second kappa shape index (κ2) is 7.71. The molecular formula is C17H17N5O2S. The highest BCUT2D eigenvalue weighted by atomic mass is 32.1. The Balaban J connectivity index is 1.71. The van der Waals surface area contributed by atoms with Crippen molar-refractivity contribution in [3.05, 3.63) is 53.6 Å². The van der Waals surface area contributed by atoms with Crippen LogP contribution in [0.25, 0.3) is 11.4 Å². The zero-order valence-electron chi connectivity index (χ0n) is 13.6. The number of rotatable bonds is 6. The molecule has 3 rings (SSSR count). The number of nitrogens with one attached hydrogen (secondary N) is 2. The largest absolute Gasteiger partial charge is 0.497 e. The third-order valence-electron chi connectivity index (χ3n) is 3.63. The number of anilines is 1. The Bertz CT molecular complexity index is 903. The van der Waals surface area contributed by atoms with Gasteiger partial charge in [-0.1, -0.05) is 0 Å². The number of carbonyl (C=O) groups excluding carboxylic acids is 1. The minimum Gasteiger partial charge on any atom is -0.497 e. The van der Waals surface area contributed by atoms with Gasteiger partial charge in [-0.05, 0) is 48.6 Å². The second-order valence-corrected chi connectivity index (χ2v) is 5.65. The van der Waals surface area contributed by atoms with E-state index in [-0.39, 0.29) is 12.3 Å². The number of hydrogen-bond donors (Lipinski definition) is 2. The number of nitrogens with zero attached hydrogens (tertiary/aromatic N) is 3. The lowest BCUT2D eigenvalue weighted by atomic mass is 10.2. The van der Waals surface area contributed by atoms with Crippen LogP contribution < -0.4 is 10.1 Å². The first-order valence-corrected chi connectivity index (χ1v) is 8.07. The molecule has 1 aromatic carbocycles. The van der Waals surface area contributed by atoms with Gasteiger partial charge in [0.25, 0.3) is 0 Å². The minimum atomic E-state index is -0.102. The first-order valence-electron chi connectivity index (χ1n) is 7.67. The third-order valence-corrected chi connectivity index (χ3v) is 3.94. The number of aromatic nitrogens is 4. The van der Waals surface area contributed by atoms with E-state index in [0.717, 1.165) is 11.3 Å². The Morgan fingerprint density at radius 1 is 1.24 bits per heavy atom. The van der Waals surface area contributed by atoms with Crippen molar-refractivity contribution in [2.45, 2.75) is 13.0 Å². The van der Waals surface area contributed by atoms with Crippen molar-refractivity contribution in [1.82, 2.24) is 19.7 Å². The molecule has 0 aliphatic carbocycles. The Morgan fingerprint density at radius 2 is 1.96 bits per heavy atom. The van der Waals surface area contributed by atoms with Crippen LogP contribution in [0.4, 0.5) is 5.69 Å². The molecule has 2 heterocycles. The molecule has 7 nitrogen and oxygen atoms in total. The lowest BCUT2D eigenvalue weighted by Gasteiger charge is -2.08. The monoisotopic (exact) mass is 355 g/mol. The molecule has 2 aromatic heterocycles. The normalized spacial score (nSPS) is 10.4. The maximum atomic E-state index is 12.1. The van der Waals surface area contributed by atoms with Crippen molar-refractivity contribution < 1.29 is 9.53 Å². The minimum absolute atomic E-state index is 0.102. The summed E-state index contributed by atoms with van der Waals surface area (Å²) in [7, 11) is 1.62. The maximum Gasteiger partial charge on any atom is 0.226 e. The Kier molecular flexibility index (Phi) is 5.20. The fourth-order valence-electron chi connectivity index (χ4n) is 2.36. The van der Waals surface area contributed by atoms with Gasteiger partial charge in [-0.2, -0.15) is 5.10 Å². The van der Waals surface area contributed by atoms with Crippen LogP contribution in [0.3, 0.4) is 0 Å². The summed E-state index contributed by atoms with van der Waals surface area (Å²) in [6.07, 6.45) is 3.53. The highest BCUT2D eigenvalue weighted by Gasteiger charge is 2.11. The summed E-state index contributed by atoms with van der Waals surface area (Å²) in [6, 6.07) is 11.0. The van der Waals surface area contributed by atoms with Gasteiger partial charge in [0, 0.05) is 36.6 Å². The summed E-state index contributed by atoms with van der Waals surface area (Å²) >= 11 is 5.28.